The summed E-state index contributed by atoms with van der Waals surface area (Å²) in [6.45, 7) is 4.13. The number of hydrogen-bond acceptors (Lipinski definition) is 4. The number of rotatable bonds is 6. The molecule has 1 saturated carbocycles. The number of hydrogen-bond donors (Lipinski definition) is 0. The minimum absolute atomic E-state index is 0.156. The molecule has 1 aliphatic rings. The minimum atomic E-state index is -3.48. The monoisotopic (exact) mass is 339 g/mol. The Morgan fingerprint density at radius 3 is 2.64 bits per heavy atom. The van der Waals surface area contributed by atoms with Crippen LogP contribution in [-0.4, -0.2) is 35.1 Å². The van der Waals surface area contributed by atoms with Crippen LogP contribution in [0, 0.1) is 13.8 Å². The topological polar surface area (TPSA) is 55.2 Å². The fourth-order valence-corrected chi connectivity index (χ4v) is 5.57. The molecule has 120 valence electrons. The molecule has 0 spiro atoms. The first kappa shape index (κ1) is 15.7. The van der Waals surface area contributed by atoms with Crippen molar-refractivity contribution in [2.24, 2.45) is 7.05 Å². The van der Waals surface area contributed by atoms with Crippen LogP contribution in [-0.2, 0) is 23.5 Å². The van der Waals surface area contributed by atoms with Gasteiger partial charge in [0.2, 0.25) is 10.0 Å². The van der Waals surface area contributed by atoms with Crippen molar-refractivity contribution in [3.63, 3.8) is 0 Å². The number of thiophene rings is 1. The van der Waals surface area contributed by atoms with Crippen LogP contribution in [0.25, 0.3) is 0 Å². The highest BCUT2D eigenvalue weighted by molar-refractivity contribution is 7.89. The van der Waals surface area contributed by atoms with Crippen LogP contribution in [0.15, 0.2) is 22.4 Å². The smallest absolute Gasteiger partial charge is 0.247 e. The van der Waals surface area contributed by atoms with Crippen molar-refractivity contribution in [3.8, 4) is 0 Å². The number of aromatic nitrogens is 2. The Bertz CT molecular complexity index is 759. The Hall–Kier alpha value is -1.18. The summed E-state index contributed by atoms with van der Waals surface area (Å²) >= 11 is 1.68. The third-order valence-electron chi connectivity index (χ3n) is 4.12. The summed E-state index contributed by atoms with van der Waals surface area (Å²) in [5.74, 6) is 0. The summed E-state index contributed by atoms with van der Waals surface area (Å²) in [5.41, 5.74) is 1.29. The van der Waals surface area contributed by atoms with Crippen molar-refractivity contribution in [3.05, 3.63) is 33.8 Å². The molecule has 0 N–H and O–H groups in total. The van der Waals surface area contributed by atoms with Crippen LogP contribution in [0.3, 0.4) is 0 Å². The highest BCUT2D eigenvalue weighted by Crippen LogP contribution is 2.34. The summed E-state index contributed by atoms with van der Waals surface area (Å²) in [6, 6.07) is 4.22. The van der Waals surface area contributed by atoms with Gasteiger partial charge in [0.05, 0.1) is 11.4 Å². The average Bonchev–Trinajstić information content (AvgIpc) is 3.05. The molecule has 0 saturated heterocycles. The standard InChI is InChI=1S/C15H21N3O2S2/c1-11-15(12(2)17(3)16-11)22(19,20)18(13-6-7-13)9-8-14-5-4-10-21-14/h4-5,10,13H,6-9H2,1-3H3. The van der Waals surface area contributed by atoms with E-state index in [0.717, 1.165) is 19.3 Å². The van der Waals surface area contributed by atoms with Gasteiger partial charge in [-0.05, 0) is 44.6 Å². The van der Waals surface area contributed by atoms with Crippen molar-refractivity contribution in [1.82, 2.24) is 14.1 Å². The predicted molar refractivity (Wildman–Crippen MR) is 87.6 cm³/mol. The Morgan fingerprint density at radius 2 is 2.14 bits per heavy atom. The molecular weight excluding hydrogens is 318 g/mol. The van der Waals surface area contributed by atoms with Crippen LogP contribution < -0.4 is 0 Å². The first-order valence-corrected chi connectivity index (χ1v) is 9.77. The quantitative estimate of drug-likeness (QED) is 0.812. The van der Waals surface area contributed by atoms with Crippen molar-refractivity contribution >= 4 is 21.4 Å². The van der Waals surface area contributed by atoms with Gasteiger partial charge in [-0.25, -0.2) is 8.42 Å². The summed E-state index contributed by atoms with van der Waals surface area (Å²) < 4.78 is 29.5. The highest BCUT2D eigenvalue weighted by atomic mass is 32.2. The van der Waals surface area contributed by atoms with Gasteiger partial charge in [0.1, 0.15) is 4.90 Å². The Balaban J connectivity index is 1.89. The van der Waals surface area contributed by atoms with E-state index in [4.69, 9.17) is 0 Å². The molecule has 0 aromatic carbocycles. The third-order valence-corrected chi connectivity index (χ3v) is 7.26. The molecule has 5 nitrogen and oxygen atoms in total. The lowest BCUT2D eigenvalue weighted by Gasteiger charge is -2.22. The summed E-state index contributed by atoms with van der Waals surface area (Å²) in [4.78, 5) is 1.61. The van der Waals surface area contributed by atoms with E-state index < -0.39 is 10.0 Å². The second-order valence-electron chi connectivity index (χ2n) is 5.80. The van der Waals surface area contributed by atoms with Gasteiger partial charge in [-0.3, -0.25) is 4.68 Å². The van der Waals surface area contributed by atoms with Gasteiger partial charge in [0.15, 0.2) is 0 Å². The van der Waals surface area contributed by atoms with Crippen LogP contribution in [0.2, 0.25) is 0 Å². The zero-order chi connectivity index (χ0) is 15.9. The van der Waals surface area contributed by atoms with Gasteiger partial charge in [0, 0.05) is 24.5 Å². The fourth-order valence-electron chi connectivity index (χ4n) is 2.78. The summed E-state index contributed by atoms with van der Waals surface area (Å²) in [5, 5.41) is 6.29. The molecule has 0 atom stereocenters. The van der Waals surface area contributed by atoms with Crippen molar-refractivity contribution < 1.29 is 8.42 Å². The van der Waals surface area contributed by atoms with E-state index in [9.17, 15) is 8.42 Å². The van der Waals surface area contributed by atoms with Gasteiger partial charge in [-0.2, -0.15) is 9.40 Å². The SMILES string of the molecule is Cc1nn(C)c(C)c1S(=O)(=O)N(CCc1cccs1)C1CC1. The number of aryl methyl sites for hydroxylation is 2. The lowest BCUT2D eigenvalue weighted by Crippen LogP contribution is -2.35. The van der Waals surface area contributed by atoms with Gasteiger partial charge in [0.25, 0.3) is 0 Å². The molecule has 22 heavy (non-hydrogen) atoms. The Labute approximate surface area is 135 Å². The van der Waals surface area contributed by atoms with Crippen molar-refractivity contribution in [2.75, 3.05) is 6.54 Å². The molecule has 2 aromatic rings. The first-order valence-electron chi connectivity index (χ1n) is 7.45. The van der Waals surface area contributed by atoms with Gasteiger partial charge < -0.3 is 0 Å². The fraction of sp³-hybridized carbons (Fsp3) is 0.533. The molecule has 0 bridgehead atoms. The molecule has 0 radical (unpaired) electrons. The predicted octanol–water partition coefficient (Wildman–Crippen LogP) is 2.49. The van der Waals surface area contributed by atoms with Crippen LogP contribution in [0.4, 0.5) is 0 Å². The molecule has 0 aliphatic heterocycles. The molecule has 2 aromatic heterocycles. The third kappa shape index (κ3) is 2.85. The zero-order valence-corrected chi connectivity index (χ0v) is 14.7. The average molecular weight is 339 g/mol. The zero-order valence-electron chi connectivity index (χ0n) is 13.1. The maximum absolute atomic E-state index is 13.1. The lowest BCUT2D eigenvalue weighted by atomic mass is 10.3. The van der Waals surface area contributed by atoms with Gasteiger partial charge in [-0.15, -0.1) is 11.3 Å². The van der Waals surface area contributed by atoms with E-state index in [1.165, 1.54) is 4.88 Å². The second kappa shape index (κ2) is 5.79. The van der Waals surface area contributed by atoms with Crippen LogP contribution in [0.1, 0.15) is 29.1 Å². The van der Waals surface area contributed by atoms with Crippen LogP contribution in [0.5, 0.6) is 0 Å². The first-order chi connectivity index (χ1) is 10.4. The second-order valence-corrected chi connectivity index (χ2v) is 8.66. The minimum Gasteiger partial charge on any atom is -0.271 e. The van der Waals surface area contributed by atoms with E-state index in [-0.39, 0.29) is 6.04 Å². The van der Waals surface area contributed by atoms with E-state index >= 15 is 0 Å². The van der Waals surface area contributed by atoms with Gasteiger partial charge >= 0.3 is 0 Å². The number of nitrogens with zero attached hydrogens (tertiary/aromatic N) is 3. The van der Waals surface area contributed by atoms with E-state index in [1.54, 1.807) is 34.3 Å². The van der Waals surface area contributed by atoms with Gasteiger partial charge in [-0.1, -0.05) is 6.07 Å². The maximum Gasteiger partial charge on any atom is 0.247 e. The molecule has 0 unspecified atom stereocenters. The lowest BCUT2D eigenvalue weighted by molar-refractivity contribution is 0.407. The summed E-state index contributed by atoms with van der Waals surface area (Å²) in [7, 11) is -1.69. The van der Waals surface area contributed by atoms with Crippen molar-refractivity contribution in [2.45, 2.75) is 44.0 Å². The normalized spacial score (nSPS) is 15.6. The molecule has 1 fully saturated rings. The maximum atomic E-state index is 13.1. The number of sulfonamides is 1. The molecular formula is C15H21N3O2S2. The van der Waals surface area contributed by atoms with E-state index in [1.807, 2.05) is 18.4 Å². The largest absolute Gasteiger partial charge is 0.271 e. The molecule has 7 heteroatoms. The molecule has 0 amide bonds. The van der Waals surface area contributed by atoms with Crippen LogP contribution >= 0.6 is 11.3 Å². The molecule has 2 heterocycles. The summed E-state index contributed by atoms with van der Waals surface area (Å²) in [6.07, 6.45) is 2.69. The van der Waals surface area contributed by atoms with Crippen molar-refractivity contribution in [1.29, 1.82) is 0 Å². The van der Waals surface area contributed by atoms with E-state index in [2.05, 4.69) is 11.2 Å². The highest BCUT2D eigenvalue weighted by Gasteiger charge is 2.40. The van der Waals surface area contributed by atoms with E-state index in [0.29, 0.717) is 22.8 Å². The molecule has 3 rings (SSSR count). The Kier molecular flexibility index (Phi) is 4.13. The Morgan fingerprint density at radius 1 is 1.41 bits per heavy atom. The molecule has 1 aliphatic carbocycles.